The van der Waals surface area contributed by atoms with Crippen LogP contribution in [0.25, 0.3) is 6.08 Å². The average Bonchev–Trinajstić information content (AvgIpc) is 2.68. The van der Waals surface area contributed by atoms with Gasteiger partial charge >= 0.3 is 11.9 Å². The summed E-state index contributed by atoms with van der Waals surface area (Å²) >= 11 is 3.36. The fourth-order valence-electron chi connectivity index (χ4n) is 2.35. The van der Waals surface area contributed by atoms with Crippen molar-refractivity contribution in [1.82, 2.24) is 0 Å². The lowest BCUT2D eigenvalue weighted by Crippen LogP contribution is -2.25. The van der Waals surface area contributed by atoms with E-state index in [-0.39, 0.29) is 5.92 Å². The highest BCUT2D eigenvalue weighted by molar-refractivity contribution is 9.10. The number of rotatable bonds is 8. The molecule has 0 amide bonds. The second-order valence-corrected chi connectivity index (χ2v) is 7.24. The first-order chi connectivity index (χ1) is 13.4. The van der Waals surface area contributed by atoms with Crippen LogP contribution in [0.15, 0.2) is 64.1 Å². The normalized spacial score (nSPS) is 13.5. The van der Waals surface area contributed by atoms with Gasteiger partial charge in [-0.1, -0.05) is 48.3 Å². The Bertz CT molecular complexity index is 857. The highest BCUT2D eigenvalue weighted by atomic mass is 79.9. The molecule has 1 N–H and O–H groups in total. The molecule has 2 unspecified atom stereocenters. The molecular weight excluding hydrogens is 422 g/mol. The van der Waals surface area contributed by atoms with Crippen LogP contribution in [-0.4, -0.2) is 29.3 Å². The number of carbonyl (C=O) groups excluding carboxylic acids is 1. The standard InChI is InChI=1S/C22H22BrNO4/c1-3-15(2)21(22(26)27)24-14-17-6-11-19(12-7-17)28-20(25)13-8-16-4-9-18(23)10-5-16/h4-15,21H,3H2,1-2H3,(H,26,27)/b13-8+,24-14?. The predicted octanol–water partition coefficient (Wildman–Crippen LogP) is 4.99. The van der Waals surface area contributed by atoms with Crippen LogP contribution < -0.4 is 4.74 Å². The van der Waals surface area contributed by atoms with Crippen LogP contribution in [0.3, 0.4) is 0 Å². The van der Waals surface area contributed by atoms with Gasteiger partial charge in [-0.2, -0.15) is 0 Å². The number of ether oxygens (including phenoxy) is 1. The molecular formula is C22H22BrNO4. The Hall–Kier alpha value is -2.73. The number of halogens is 1. The molecule has 0 aromatic heterocycles. The van der Waals surface area contributed by atoms with E-state index in [9.17, 15) is 14.7 Å². The minimum absolute atomic E-state index is 0.0495. The van der Waals surface area contributed by atoms with E-state index in [1.165, 1.54) is 12.3 Å². The van der Waals surface area contributed by atoms with Crippen molar-refractivity contribution in [3.8, 4) is 5.75 Å². The van der Waals surface area contributed by atoms with Crippen molar-refractivity contribution in [2.45, 2.75) is 26.3 Å². The fraction of sp³-hybridized carbons (Fsp3) is 0.227. The summed E-state index contributed by atoms with van der Waals surface area (Å²) in [5.41, 5.74) is 1.63. The van der Waals surface area contributed by atoms with Crippen LogP contribution in [0.1, 0.15) is 31.4 Å². The first kappa shape index (κ1) is 21.6. The van der Waals surface area contributed by atoms with Gasteiger partial charge in [0.25, 0.3) is 0 Å². The number of nitrogens with zero attached hydrogens (tertiary/aromatic N) is 1. The Morgan fingerprint density at radius 1 is 1.11 bits per heavy atom. The minimum atomic E-state index is -0.936. The molecule has 2 aromatic carbocycles. The summed E-state index contributed by atoms with van der Waals surface area (Å²) in [5, 5.41) is 9.26. The van der Waals surface area contributed by atoms with E-state index >= 15 is 0 Å². The lowest BCUT2D eigenvalue weighted by Gasteiger charge is -2.13. The van der Waals surface area contributed by atoms with Gasteiger partial charge in [-0.05, 0) is 59.5 Å². The summed E-state index contributed by atoms with van der Waals surface area (Å²) < 4.78 is 6.23. The van der Waals surface area contributed by atoms with Gasteiger partial charge < -0.3 is 9.84 Å². The van der Waals surface area contributed by atoms with Gasteiger partial charge in [0.15, 0.2) is 0 Å². The number of carbonyl (C=O) groups is 2. The first-order valence-corrected chi connectivity index (χ1v) is 9.70. The molecule has 5 nitrogen and oxygen atoms in total. The van der Waals surface area contributed by atoms with Crippen molar-refractivity contribution in [3.63, 3.8) is 0 Å². The lowest BCUT2D eigenvalue weighted by atomic mass is 10.00. The van der Waals surface area contributed by atoms with Gasteiger partial charge in [0.05, 0.1) is 0 Å². The van der Waals surface area contributed by atoms with Crippen molar-refractivity contribution >= 4 is 40.2 Å². The molecule has 0 saturated carbocycles. The Morgan fingerprint density at radius 3 is 2.29 bits per heavy atom. The number of hydrogen-bond acceptors (Lipinski definition) is 4. The highest BCUT2D eigenvalue weighted by Gasteiger charge is 2.21. The highest BCUT2D eigenvalue weighted by Crippen LogP contribution is 2.15. The molecule has 0 aliphatic heterocycles. The maximum atomic E-state index is 11.9. The molecule has 0 radical (unpaired) electrons. The molecule has 0 fully saturated rings. The van der Waals surface area contributed by atoms with Gasteiger partial charge in [0, 0.05) is 16.8 Å². The molecule has 28 heavy (non-hydrogen) atoms. The number of hydrogen-bond donors (Lipinski definition) is 1. The molecule has 2 atom stereocenters. The summed E-state index contributed by atoms with van der Waals surface area (Å²) in [6.07, 6.45) is 5.31. The van der Waals surface area contributed by atoms with Gasteiger partial charge in [-0.15, -0.1) is 0 Å². The zero-order valence-corrected chi connectivity index (χ0v) is 17.3. The van der Waals surface area contributed by atoms with Crippen LogP contribution in [0.2, 0.25) is 0 Å². The largest absolute Gasteiger partial charge is 0.480 e. The number of benzene rings is 2. The van der Waals surface area contributed by atoms with Crippen molar-refractivity contribution in [3.05, 3.63) is 70.2 Å². The summed E-state index contributed by atoms with van der Waals surface area (Å²) in [7, 11) is 0. The monoisotopic (exact) mass is 443 g/mol. The van der Waals surface area contributed by atoms with E-state index in [0.717, 1.165) is 22.0 Å². The third-order valence-corrected chi connectivity index (χ3v) is 4.73. The van der Waals surface area contributed by atoms with Crippen molar-refractivity contribution < 1.29 is 19.4 Å². The van der Waals surface area contributed by atoms with E-state index in [4.69, 9.17) is 4.74 Å². The van der Waals surface area contributed by atoms with Crippen LogP contribution in [0, 0.1) is 5.92 Å². The number of carboxylic acids is 1. The van der Waals surface area contributed by atoms with Crippen molar-refractivity contribution in [1.29, 1.82) is 0 Å². The summed E-state index contributed by atoms with van der Waals surface area (Å²) in [4.78, 5) is 27.4. The third-order valence-electron chi connectivity index (χ3n) is 4.20. The topological polar surface area (TPSA) is 76.0 Å². The molecule has 6 heteroatoms. The Labute approximate surface area is 172 Å². The zero-order valence-electron chi connectivity index (χ0n) is 15.7. The maximum Gasteiger partial charge on any atom is 0.336 e. The molecule has 0 spiro atoms. The molecule has 0 aliphatic carbocycles. The van der Waals surface area contributed by atoms with Crippen LogP contribution in [0.4, 0.5) is 0 Å². The molecule has 146 valence electrons. The second kappa shape index (κ2) is 10.6. The number of esters is 1. The predicted molar refractivity (Wildman–Crippen MR) is 114 cm³/mol. The molecule has 0 heterocycles. The van der Waals surface area contributed by atoms with Gasteiger partial charge in [-0.25, -0.2) is 9.59 Å². The number of aliphatic carboxylic acids is 1. The molecule has 2 aromatic rings. The number of carboxylic acid groups (broad SMARTS) is 1. The quantitative estimate of drug-likeness (QED) is 0.270. The van der Waals surface area contributed by atoms with E-state index < -0.39 is 18.0 Å². The van der Waals surface area contributed by atoms with E-state index in [0.29, 0.717) is 5.75 Å². The Kier molecular flexibility index (Phi) is 8.14. The summed E-state index contributed by atoms with van der Waals surface area (Å²) in [6.45, 7) is 3.80. The Morgan fingerprint density at radius 2 is 1.71 bits per heavy atom. The van der Waals surface area contributed by atoms with E-state index in [1.807, 2.05) is 38.1 Å². The van der Waals surface area contributed by atoms with Crippen molar-refractivity contribution in [2.75, 3.05) is 0 Å². The van der Waals surface area contributed by atoms with Crippen molar-refractivity contribution in [2.24, 2.45) is 10.9 Å². The lowest BCUT2D eigenvalue weighted by molar-refractivity contribution is -0.139. The average molecular weight is 444 g/mol. The summed E-state index contributed by atoms with van der Waals surface area (Å²) in [5.74, 6) is -1.06. The smallest absolute Gasteiger partial charge is 0.336 e. The molecule has 0 saturated heterocycles. The SMILES string of the molecule is CCC(C)C(N=Cc1ccc(OC(=O)/C=C/c2ccc(Br)cc2)cc1)C(=O)O. The minimum Gasteiger partial charge on any atom is -0.480 e. The molecule has 2 rings (SSSR count). The molecule has 0 bridgehead atoms. The fourth-order valence-corrected chi connectivity index (χ4v) is 2.62. The summed E-state index contributed by atoms with van der Waals surface area (Å²) in [6, 6.07) is 13.5. The van der Waals surface area contributed by atoms with Crippen LogP contribution >= 0.6 is 15.9 Å². The van der Waals surface area contributed by atoms with Gasteiger partial charge in [0.2, 0.25) is 0 Å². The Balaban J connectivity index is 1.96. The maximum absolute atomic E-state index is 11.9. The van der Waals surface area contributed by atoms with Gasteiger partial charge in [-0.3, -0.25) is 4.99 Å². The zero-order chi connectivity index (χ0) is 20.5. The van der Waals surface area contributed by atoms with Crippen LogP contribution in [-0.2, 0) is 9.59 Å². The third kappa shape index (κ3) is 6.78. The molecule has 0 aliphatic rings. The first-order valence-electron chi connectivity index (χ1n) is 8.90. The van der Waals surface area contributed by atoms with E-state index in [2.05, 4.69) is 20.9 Å². The number of aliphatic imine (C=N–C) groups is 1. The van der Waals surface area contributed by atoms with Crippen LogP contribution in [0.5, 0.6) is 5.75 Å². The van der Waals surface area contributed by atoms with E-state index in [1.54, 1.807) is 30.3 Å². The second-order valence-electron chi connectivity index (χ2n) is 6.32. The van der Waals surface area contributed by atoms with Gasteiger partial charge in [0.1, 0.15) is 11.8 Å².